The maximum absolute atomic E-state index is 12.4. The predicted octanol–water partition coefficient (Wildman–Crippen LogP) is 2.77. The highest BCUT2D eigenvalue weighted by atomic mass is 79.9. The van der Waals surface area contributed by atoms with Crippen LogP contribution in [0.25, 0.3) is 0 Å². The first kappa shape index (κ1) is 11.6. The van der Waals surface area contributed by atoms with E-state index in [9.17, 15) is 13.2 Å². The first-order chi connectivity index (χ1) is 6.45. The molecule has 0 radical (unpaired) electrons. The van der Waals surface area contributed by atoms with E-state index in [0.29, 0.717) is 18.2 Å². The van der Waals surface area contributed by atoms with E-state index in [2.05, 4.69) is 21.0 Å². The average molecular weight is 271 g/mol. The Balaban J connectivity index is 2.91. The van der Waals surface area contributed by atoms with Gasteiger partial charge in [-0.25, -0.2) is 0 Å². The van der Waals surface area contributed by atoms with Crippen molar-refractivity contribution in [3.8, 4) is 0 Å². The van der Waals surface area contributed by atoms with Crippen molar-refractivity contribution in [1.82, 2.24) is 9.78 Å². The average Bonchev–Trinajstić information content (AvgIpc) is 2.42. The van der Waals surface area contributed by atoms with Crippen molar-refractivity contribution >= 4 is 15.9 Å². The van der Waals surface area contributed by atoms with Gasteiger partial charge in [-0.3, -0.25) is 4.68 Å². The van der Waals surface area contributed by atoms with Crippen molar-refractivity contribution in [3.63, 3.8) is 0 Å². The Bertz CT molecular complexity index is 306. The Kier molecular flexibility index (Phi) is 3.58. The molecular formula is C8H10BrF3N2. The van der Waals surface area contributed by atoms with Gasteiger partial charge in [0.2, 0.25) is 0 Å². The molecule has 0 bridgehead atoms. The van der Waals surface area contributed by atoms with Gasteiger partial charge in [-0.1, -0.05) is 15.9 Å². The lowest BCUT2D eigenvalue weighted by molar-refractivity contribution is -0.142. The van der Waals surface area contributed by atoms with E-state index in [1.807, 2.05) is 0 Å². The zero-order chi connectivity index (χ0) is 10.8. The van der Waals surface area contributed by atoms with Gasteiger partial charge in [0, 0.05) is 24.1 Å². The van der Waals surface area contributed by atoms with Crippen LogP contribution in [0.2, 0.25) is 0 Å². The van der Waals surface area contributed by atoms with Gasteiger partial charge < -0.3 is 0 Å². The lowest BCUT2D eigenvalue weighted by atomic mass is 10.1. The van der Waals surface area contributed by atoms with Gasteiger partial charge in [0.05, 0.1) is 0 Å². The Morgan fingerprint density at radius 2 is 2.14 bits per heavy atom. The molecule has 14 heavy (non-hydrogen) atoms. The largest absolute Gasteiger partial charge is 0.435 e. The predicted molar refractivity (Wildman–Crippen MR) is 50.3 cm³/mol. The van der Waals surface area contributed by atoms with Crippen LogP contribution in [0.15, 0.2) is 6.20 Å². The molecule has 1 heterocycles. The summed E-state index contributed by atoms with van der Waals surface area (Å²) in [5, 5.41) is 4.10. The summed E-state index contributed by atoms with van der Waals surface area (Å²) < 4.78 is 38.4. The normalized spacial score (nSPS) is 12.1. The lowest BCUT2D eigenvalue weighted by Gasteiger charge is -2.04. The molecule has 0 saturated carbocycles. The van der Waals surface area contributed by atoms with Crippen LogP contribution in [0.5, 0.6) is 0 Å². The van der Waals surface area contributed by atoms with E-state index in [-0.39, 0.29) is 5.56 Å². The van der Waals surface area contributed by atoms with Crippen molar-refractivity contribution in [1.29, 1.82) is 0 Å². The fraction of sp³-hybridized carbons (Fsp3) is 0.625. The van der Waals surface area contributed by atoms with E-state index in [4.69, 9.17) is 0 Å². The molecule has 1 rings (SSSR count). The lowest BCUT2D eigenvalue weighted by Crippen LogP contribution is -2.09. The van der Waals surface area contributed by atoms with Crippen molar-refractivity contribution < 1.29 is 13.2 Å². The monoisotopic (exact) mass is 270 g/mol. The molecule has 0 amide bonds. The van der Waals surface area contributed by atoms with Crippen LogP contribution >= 0.6 is 15.9 Å². The van der Waals surface area contributed by atoms with Crippen LogP contribution in [-0.4, -0.2) is 15.1 Å². The van der Waals surface area contributed by atoms with Crippen LogP contribution in [-0.2, 0) is 19.6 Å². The summed E-state index contributed by atoms with van der Waals surface area (Å²) in [4.78, 5) is 0. The van der Waals surface area contributed by atoms with Crippen molar-refractivity contribution in [2.24, 2.45) is 7.05 Å². The second kappa shape index (κ2) is 4.33. The highest BCUT2D eigenvalue weighted by Gasteiger charge is 2.36. The summed E-state index contributed by atoms with van der Waals surface area (Å²) in [5.74, 6) is 0. The van der Waals surface area contributed by atoms with Crippen LogP contribution in [0.3, 0.4) is 0 Å². The summed E-state index contributed by atoms with van der Waals surface area (Å²) in [6.45, 7) is 0. The second-order valence-corrected chi connectivity index (χ2v) is 3.76. The van der Waals surface area contributed by atoms with E-state index >= 15 is 0 Å². The van der Waals surface area contributed by atoms with Crippen LogP contribution in [0, 0.1) is 0 Å². The second-order valence-electron chi connectivity index (χ2n) is 2.97. The Morgan fingerprint density at radius 1 is 1.50 bits per heavy atom. The number of aromatic nitrogens is 2. The Morgan fingerprint density at radius 3 is 2.64 bits per heavy atom. The molecule has 0 fully saturated rings. The molecule has 1 aromatic rings. The zero-order valence-electron chi connectivity index (χ0n) is 7.60. The van der Waals surface area contributed by atoms with Crippen LogP contribution < -0.4 is 0 Å². The van der Waals surface area contributed by atoms with Crippen molar-refractivity contribution in [2.45, 2.75) is 19.0 Å². The zero-order valence-corrected chi connectivity index (χ0v) is 9.19. The first-order valence-electron chi connectivity index (χ1n) is 4.11. The van der Waals surface area contributed by atoms with Gasteiger partial charge in [0.25, 0.3) is 0 Å². The molecular weight excluding hydrogens is 261 g/mol. The van der Waals surface area contributed by atoms with Gasteiger partial charge in [-0.05, 0) is 12.8 Å². The van der Waals surface area contributed by atoms with Gasteiger partial charge in [-0.2, -0.15) is 18.3 Å². The molecule has 0 atom stereocenters. The van der Waals surface area contributed by atoms with Crippen LogP contribution in [0.1, 0.15) is 17.7 Å². The number of halogens is 4. The fourth-order valence-corrected chi connectivity index (χ4v) is 1.50. The van der Waals surface area contributed by atoms with E-state index in [0.717, 1.165) is 0 Å². The summed E-state index contributed by atoms with van der Waals surface area (Å²) >= 11 is 3.18. The molecule has 0 aliphatic rings. The highest BCUT2D eigenvalue weighted by molar-refractivity contribution is 9.09. The number of nitrogens with zero attached hydrogens (tertiary/aromatic N) is 2. The van der Waals surface area contributed by atoms with E-state index < -0.39 is 11.9 Å². The van der Waals surface area contributed by atoms with Gasteiger partial charge in [0.15, 0.2) is 5.69 Å². The van der Waals surface area contributed by atoms with Crippen LogP contribution in [0.4, 0.5) is 13.2 Å². The standard InChI is InChI=1S/C8H10BrF3N2/c1-14-5-6(3-2-4-9)7(13-14)8(10,11)12/h5H,2-4H2,1H3. The van der Waals surface area contributed by atoms with E-state index in [1.165, 1.54) is 17.9 Å². The molecule has 80 valence electrons. The maximum Gasteiger partial charge on any atom is 0.435 e. The van der Waals surface area contributed by atoms with E-state index in [1.54, 1.807) is 0 Å². The molecule has 1 aromatic heterocycles. The minimum absolute atomic E-state index is 0.263. The summed E-state index contributed by atoms with van der Waals surface area (Å²) in [6.07, 6.45) is -1.85. The molecule has 0 saturated heterocycles. The third-order valence-corrected chi connectivity index (χ3v) is 2.31. The fourth-order valence-electron chi connectivity index (χ4n) is 1.22. The number of hydrogen-bond acceptors (Lipinski definition) is 1. The molecule has 2 nitrogen and oxygen atoms in total. The summed E-state index contributed by atoms with van der Waals surface area (Å²) in [7, 11) is 1.49. The Labute approximate surface area is 88.2 Å². The van der Waals surface area contributed by atoms with Gasteiger partial charge >= 0.3 is 6.18 Å². The summed E-state index contributed by atoms with van der Waals surface area (Å²) in [6, 6.07) is 0. The molecule has 0 unspecified atom stereocenters. The smallest absolute Gasteiger partial charge is 0.275 e. The maximum atomic E-state index is 12.4. The number of aryl methyl sites for hydroxylation is 2. The molecule has 0 N–H and O–H groups in total. The minimum Gasteiger partial charge on any atom is -0.275 e. The number of alkyl halides is 4. The molecule has 0 aliphatic heterocycles. The topological polar surface area (TPSA) is 17.8 Å². The SMILES string of the molecule is Cn1cc(CCCBr)c(C(F)(F)F)n1. The van der Waals surface area contributed by atoms with Gasteiger partial charge in [0.1, 0.15) is 0 Å². The molecule has 0 aromatic carbocycles. The number of hydrogen-bond donors (Lipinski definition) is 0. The quantitative estimate of drug-likeness (QED) is 0.773. The minimum atomic E-state index is -4.34. The molecule has 0 aliphatic carbocycles. The molecule has 6 heteroatoms. The van der Waals surface area contributed by atoms with Gasteiger partial charge in [-0.15, -0.1) is 0 Å². The third kappa shape index (κ3) is 2.73. The highest BCUT2D eigenvalue weighted by Crippen LogP contribution is 2.31. The number of rotatable bonds is 3. The summed E-state index contributed by atoms with van der Waals surface area (Å²) in [5.41, 5.74) is -0.500. The van der Waals surface area contributed by atoms with Crippen molar-refractivity contribution in [3.05, 3.63) is 17.5 Å². The third-order valence-electron chi connectivity index (χ3n) is 1.75. The Hall–Kier alpha value is -0.520. The molecule has 0 spiro atoms. The first-order valence-corrected chi connectivity index (χ1v) is 5.23. The van der Waals surface area contributed by atoms with Crippen molar-refractivity contribution in [2.75, 3.05) is 5.33 Å².